The van der Waals surface area contributed by atoms with Gasteiger partial charge in [-0.2, -0.15) is 0 Å². The summed E-state index contributed by atoms with van der Waals surface area (Å²) in [5.41, 5.74) is 0. The molecule has 0 aromatic heterocycles. The number of amides is 1. The fraction of sp³-hybridized carbons (Fsp3) is 0.900. The van der Waals surface area contributed by atoms with Crippen LogP contribution in [0.2, 0.25) is 0 Å². The van der Waals surface area contributed by atoms with E-state index >= 15 is 0 Å². The second-order valence-corrected chi connectivity index (χ2v) is 24.6. The molecule has 81 heavy (non-hydrogen) atoms. The normalized spacial score (nSPS) is 19.3. The van der Waals surface area contributed by atoms with Crippen LogP contribution >= 0.6 is 0 Å². The SMILES string of the molecule is CCCCCCCCCCC/C=C\C/C=C\CCCCCCCCCCCCCCCCC(O)C(=O)NC(COC1OC(CO)C(O)C(O)C1O)C(O)C(O)CCC/C=C/CCCCCCCCCCCCCCCCCCCCC. The molecule has 8 N–H and O–H groups in total. The number of unbranched alkanes of at least 4 members (excludes halogenated alkanes) is 43. The Morgan fingerprint density at radius 1 is 0.432 bits per heavy atom. The molecule has 11 nitrogen and oxygen atoms in total. The summed E-state index contributed by atoms with van der Waals surface area (Å²) < 4.78 is 11.2. The third kappa shape index (κ3) is 46.3. The summed E-state index contributed by atoms with van der Waals surface area (Å²) in [5.74, 6) is -0.702. The smallest absolute Gasteiger partial charge is 0.249 e. The molecule has 0 aliphatic carbocycles. The van der Waals surface area contributed by atoms with Crippen LogP contribution in [0.5, 0.6) is 0 Å². The molecule has 0 saturated carbocycles. The minimum absolute atomic E-state index is 0.254. The highest BCUT2D eigenvalue weighted by Gasteiger charge is 2.44. The van der Waals surface area contributed by atoms with Crippen molar-refractivity contribution in [3.63, 3.8) is 0 Å². The zero-order valence-corrected chi connectivity index (χ0v) is 52.8. The Morgan fingerprint density at radius 2 is 0.765 bits per heavy atom. The fourth-order valence-electron chi connectivity index (χ4n) is 11.3. The molecule has 1 fully saturated rings. The van der Waals surface area contributed by atoms with Gasteiger partial charge in [0, 0.05) is 0 Å². The Hall–Kier alpha value is -1.67. The van der Waals surface area contributed by atoms with E-state index < -0.39 is 74.2 Å². The summed E-state index contributed by atoms with van der Waals surface area (Å²) in [6.45, 7) is 3.49. The molecule has 0 aromatic carbocycles. The van der Waals surface area contributed by atoms with Gasteiger partial charge in [-0.1, -0.05) is 301 Å². The molecule has 1 heterocycles. The lowest BCUT2D eigenvalue weighted by Gasteiger charge is -2.40. The van der Waals surface area contributed by atoms with E-state index in [9.17, 15) is 40.5 Å². The summed E-state index contributed by atoms with van der Waals surface area (Å²) >= 11 is 0. The molecule has 9 unspecified atom stereocenters. The van der Waals surface area contributed by atoms with Gasteiger partial charge in [-0.05, 0) is 70.6 Å². The zero-order valence-electron chi connectivity index (χ0n) is 52.8. The highest BCUT2D eigenvalue weighted by molar-refractivity contribution is 5.80. The summed E-state index contributed by atoms with van der Waals surface area (Å²) in [4.78, 5) is 13.2. The molecule has 11 heteroatoms. The van der Waals surface area contributed by atoms with E-state index in [0.717, 1.165) is 44.9 Å². The van der Waals surface area contributed by atoms with Crippen LogP contribution in [0.15, 0.2) is 36.5 Å². The Kier molecular flexibility index (Phi) is 56.0. The number of hydrogen-bond donors (Lipinski definition) is 8. The summed E-state index contributed by atoms with van der Waals surface area (Å²) in [6, 6.07) is -1.19. The molecule has 9 atom stereocenters. The lowest BCUT2D eigenvalue weighted by Crippen LogP contribution is -2.60. The quantitative estimate of drug-likeness (QED) is 0.0215. The van der Waals surface area contributed by atoms with Crippen molar-refractivity contribution in [2.24, 2.45) is 0 Å². The number of aliphatic hydroxyl groups is 7. The van der Waals surface area contributed by atoms with Gasteiger partial charge in [0.05, 0.1) is 25.4 Å². The minimum atomic E-state index is -1.67. The topological polar surface area (TPSA) is 189 Å². The highest BCUT2D eigenvalue weighted by atomic mass is 16.7. The number of nitrogens with one attached hydrogen (secondary N) is 1. The van der Waals surface area contributed by atoms with Gasteiger partial charge < -0.3 is 50.5 Å². The summed E-state index contributed by atoms with van der Waals surface area (Å²) in [6.07, 6.45) is 63.7. The Labute approximate surface area is 498 Å². The first-order valence-corrected chi connectivity index (χ1v) is 34.9. The Morgan fingerprint density at radius 3 is 1.14 bits per heavy atom. The van der Waals surface area contributed by atoms with E-state index in [1.807, 2.05) is 0 Å². The van der Waals surface area contributed by atoms with Crippen molar-refractivity contribution in [1.82, 2.24) is 5.32 Å². The van der Waals surface area contributed by atoms with Crippen LogP contribution in [-0.4, -0.2) is 110 Å². The van der Waals surface area contributed by atoms with Gasteiger partial charge in [-0.15, -0.1) is 0 Å². The third-order valence-corrected chi connectivity index (χ3v) is 16.9. The van der Waals surface area contributed by atoms with E-state index in [-0.39, 0.29) is 12.8 Å². The predicted molar refractivity (Wildman–Crippen MR) is 339 cm³/mol. The molecule has 1 amide bonds. The highest BCUT2D eigenvalue weighted by Crippen LogP contribution is 2.24. The number of aliphatic hydroxyl groups excluding tert-OH is 7. The van der Waals surface area contributed by atoms with Gasteiger partial charge in [-0.3, -0.25) is 4.79 Å². The van der Waals surface area contributed by atoms with Gasteiger partial charge in [0.1, 0.15) is 36.6 Å². The molecule has 1 saturated heterocycles. The van der Waals surface area contributed by atoms with Crippen LogP contribution in [0, 0.1) is 0 Å². The van der Waals surface area contributed by atoms with Crippen molar-refractivity contribution in [2.75, 3.05) is 13.2 Å². The Bertz CT molecular complexity index is 1410. The molecular weight excluding hydrogens is 1010 g/mol. The second-order valence-electron chi connectivity index (χ2n) is 24.6. The standard InChI is InChI=1S/C70H133NO10/c1-3-5-7-9-11-13-15-17-19-21-23-25-27-29-30-31-32-33-34-36-38-40-42-44-46-48-50-52-54-56-58-63(74)69(79)71-61(60-80-70-68(78)67(77)66(76)64(59-72)81-70)65(75)62(73)57-55-53-51-49-47-45-43-41-39-37-35-28-26-24-22-20-18-16-14-12-10-8-6-4-2/h23,25,29-30,49,51,61-68,70,72-78H,3-22,24,26-28,31-48,50,52-60H2,1-2H3,(H,71,79)/b25-23-,30-29-,51-49+. The summed E-state index contributed by atoms with van der Waals surface area (Å²) in [5, 5.41) is 76.5. The van der Waals surface area contributed by atoms with Gasteiger partial charge in [-0.25, -0.2) is 0 Å². The first kappa shape index (κ1) is 77.3. The average molecular weight is 1150 g/mol. The van der Waals surface area contributed by atoms with Crippen molar-refractivity contribution in [3.05, 3.63) is 36.5 Å². The maximum absolute atomic E-state index is 13.2. The molecule has 0 spiro atoms. The number of hydrogen-bond acceptors (Lipinski definition) is 10. The van der Waals surface area contributed by atoms with Crippen LogP contribution in [-0.2, 0) is 14.3 Å². The number of ether oxygens (including phenoxy) is 2. The first-order valence-electron chi connectivity index (χ1n) is 34.9. The lowest BCUT2D eigenvalue weighted by molar-refractivity contribution is -0.303. The molecule has 0 aromatic rings. The van der Waals surface area contributed by atoms with Crippen LogP contribution in [0.3, 0.4) is 0 Å². The minimum Gasteiger partial charge on any atom is -0.394 e. The van der Waals surface area contributed by atoms with E-state index in [2.05, 4.69) is 55.6 Å². The maximum atomic E-state index is 13.2. The van der Waals surface area contributed by atoms with E-state index in [4.69, 9.17) is 9.47 Å². The van der Waals surface area contributed by atoms with Crippen molar-refractivity contribution >= 4 is 5.91 Å². The van der Waals surface area contributed by atoms with E-state index in [1.54, 1.807) is 0 Å². The lowest BCUT2D eigenvalue weighted by atomic mass is 9.98. The van der Waals surface area contributed by atoms with Crippen molar-refractivity contribution in [2.45, 2.75) is 390 Å². The second kappa shape index (κ2) is 58.7. The molecule has 1 aliphatic heterocycles. The predicted octanol–water partition coefficient (Wildman–Crippen LogP) is 16.6. The maximum Gasteiger partial charge on any atom is 0.249 e. The van der Waals surface area contributed by atoms with Gasteiger partial charge >= 0.3 is 0 Å². The fourth-order valence-corrected chi connectivity index (χ4v) is 11.3. The number of allylic oxidation sites excluding steroid dienone is 6. The molecular formula is C70H133NO10. The van der Waals surface area contributed by atoms with E-state index in [0.29, 0.717) is 12.8 Å². The van der Waals surface area contributed by atoms with Crippen LogP contribution in [0.25, 0.3) is 0 Å². The van der Waals surface area contributed by atoms with Gasteiger partial charge in [0.15, 0.2) is 6.29 Å². The van der Waals surface area contributed by atoms with E-state index in [1.165, 1.54) is 250 Å². The molecule has 1 aliphatic rings. The zero-order chi connectivity index (χ0) is 58.9. The molecule has 1 rings (SSSR count). The largest absolute Gasteiger partial charge is 0.394 e. The van der Waals surface area contributed by atoms with Crippen molar-refractivity contribution < 1.29 is 50.0 Å². The van der Waals surface area contributed by atoms with Crippen LogP contribution in [0.1, 0.15) is 335 Å². The third-order valence-electron chi connectivity index (χ3n) is 16.9. The monoisotopic (exact) mass is 1150 g/mol. The first-order chi connectivity index (χ1) is 39.7. The number of carbonyl (C=O) groups excluding carboxylic acids is 1. The molecule has 0 bridgehead atoms. The van der Waals surface area contributed by atoms with Crippen LogP contribution < -0.4 is 5.32 Å². The average Bonchev–Trinajstić information content (AvgIpc) is 3.49. The van der Waals surface area contributed by atoms with Crippen LogP contribution in [0.4, 0.5) is 0 Å². The number of rotatable bonds is 61. The molecule has 0 radical (unpaired) electrons. The van der Waals surface area contributed by atoms with Gasteiger partial charge in [0.25, 0.3) is 0 Å². The van der Waals surface area contributed by atoms with Crippen molar-refractivity contribution in [3.8, 4) is 0 Å². The van der Waals surface area contributed by atoms with Crippen molar-refractivity contribution in [1.29, 1.82) is 0 Å². The molecule has 478 valence electrons. The van der Waals surface area contributed by atoms with Gasteiger partial charge in [0.2, 0.25) is 5.91 Å². The number of carbonyl (C=O) groups is 1. The summed E-state index contributed by atoms with van der Waals surface area (Å²) in [7, 11) is 0. The Balaban J connectivity index is 2.22.